The van der Waals surface area contributed by atoms with Crippen LogP contribution >= 0.6 is 0 Å². The van der Waals surface area contributed by atoms with Crippen LogP contribution in [0.5, 0.6) is 0 Å². The van der Waals surface area contributed by atoms with Crippen molar-refractivity contribution >= 4 is 11.8 Å². The van der Waals surface area contributed by atoms with E-state index >= 15 is 0 Å². The van der Waals surface area contributed by atoms with Gasteiger partial charge in [-0.25, -0.2) is 4.98 Å². The molecule has 0 spiro atoms. The molecule has 0 fully saturated rings. The summed E-state index contributed by atoms with van der Waals surface area (Å²) < 4.78 is 0. The molecule has 1 aromatic heterocycles. The molecule has 0 aliphatic rings. The highest BCUT2D eigenvalue weighted by Gasteiger charge is 2.00. The maximum absolute atomic E-state index is 4.38. The van der Waals surface area contributed by atoms with Crippen molar-refractivity contribution in [2.45, 2.75) is 40.2 Å². The number of hydrogen-bond acceptors (Lipinski definition) is 4. The van der Waals surface area contributed by atoms with Crippen LogP contribution in [0.2, 0.25) is 0 Å². The lowest BCUT2D eigenvalue weighted by molar-refractivity contribution is 0.606. The van der Waals surface area contributed by atoms with Gasteiger partial charge in [-0.3, -0.25) is 0 Å². The zero-order chi connectivity index (χ0) is 12.0. The first-order valence-electron chi connectivity index (χ1n) is 5.91. The van der Waals surface area contributed by atoms with E-state index in [2.05, 4.69) is 48.3 Å². The van der Waals surface area contributed by atoms with E-state index in [1.54, 1.807) is 6.20 Å². The first-order chi connectivity index (χ1) is 7.58. The third-order valence-corrected chi connectivity index (χ3v) is 2.10. The molecule has 0 radical (unpaired) electrons. The van der Waals surface area contributed by atoms with E-state index in [1.807, 2.05) is 6.07 Å². The summed E-state index contributed by atoms with van der Waals surface area (Å²) in [6, 6.07) is 2.27. The first-order valence-corrected chi connectivity index (χ1v) is 5.91. The van der Waals surface area contributed by atoms with E-state index in [1.165, 1.54) is 0 Å². The van der Waals surface area contributed by atoms with Crippen molar-refractivity contribution in [3.8, 4) is 0 Å². The lowest BCUT2D eigenvalue weighted by atomic mass is 10.1. The third kappa shape index (κ3) is 4.96. The van der Waals surface area contributed by atoms with Gasteiger partial charge in [0.05, 0.1) is 0 Å². The lowest BCUT2D eigenvalue weighted by Crippen LogP contribution is -2.13. The van der Waals surface area contributed by atoms with Crippen LogP contribution in [0.3, 0.4) is 0 Å². The Hall–Kier alpha value is -1.32. The number of nitrogens with zero attached hydrogens (tertiary/aromatic N) is 2. The summed E-state index contributed by atoms with van der Waals surface area (Å²) in [6.45, 7) is 9.52. The van der Waals surface area contributed by atoms with Gasteiger partial charge >= 0.3 is 0 Å². The minimum absolute atomic E-state index is 0.387. The summed E-state index contributed by atoms with van der Waals surface area (Å²) in [4.78, 5) is 8.56. The van der Waals surface area contributed by atoms with E-state index in [4.69, 9.17) is 0 Å². The fourth-order valence-electron chi connectivity index (χ4n) is 1.29. The van der Waals surface area contributed by atoms with Crippen LogP contribution in [0.1, 0.15) is 34.1 Å². The molecule has 0 atom stereocenters. The van der Waals surface area contributed by atoms with Gasteiger partial charge in [-0.2, -0.15) is 4.98 Å². The topological polar surface area (TPSA) is 49.8 Å². The molecule has 1 aromatic rings. The van der Waals surface area contributed by atoms with Crippen LogP contribution in [-0.2, 0) is 0 Å². The predicted molar refractivity (Wildman–Crippen MR) is 68.7 cm³/mol. The van der Waals surface area contributed by atoms with Gasteiger partial charge in [0, 0.05) is 18.8 Å². The Morgan fingerprint density at radius 1 is 1.25 bits per heavy atom. The van der Waals surface area contributed by atoms with Gasteiger partial charge in [-0.15, -0.1) is 0 Å². The molecule has 1 rings (SSSR count). The molecule has 0 bridgehead atoms. The zero-order valence-corrected chi connectivity index (χ0v) is 10.6. The van der Waals surface area contributed by atoms with Crippen molar-refractivity contribution in [1.82, 2.24) is 9.97 Å². The van der Waals surface area contributed by atoms with Crippen LogP contribution in [0.25, 0.3) is 0 Å². The van der Waals surface area contributed by atoms with Crippen LogP contribution < -0.4 is 10.6 Å². The Labute approximate surface area is 97.9 Å². The molecule has 0 saturated carbocycles. The van der Waals surface area contributed by atoms with Gasteiger partial charge in [-0.1, -0.05) is 13.8 Å². The van der Waals surface area contributed by atoms with Gasteiger partial charge in [0.25, 0.3) is 0 Å². The van der Waals surface area contributed by atoms with Gasteiger partial charge in [0.15, 0.2) is 0 Å². The maximum atomic E-state index is 4.38. The Morgan fingerprint density at radius 3 is 2.62 bits per heavy atom. The second-order valence-corrected chi connectivity index (χ2v) is 4.67. The van der Waals surface area contributed by atoms with Gasteiger partial charge in [-0.05, 0) is 32.3 Å². The Balaban J connectivity index is 2.47. The zero-order valence-electron chi connectivity index (χ0n) is 10.6. The minimum atomic E-state index is 0.387. The monoisotopic (exact) mass is 222 g/mol. The third-order valence-electron chi connectivity index (χ3n) is 2.10. The molecule has 90 valence electrons. The van der Waals surface area contributed by atoms with Crippen LogP contribution in [0.4, 0.5) is 11.8 Å². The molecule has 0 saturated heterocycles. The van der Waals surface area contributed by atoms with Crippen molar-refractivity contribution < 1.29 is 0 Å². The SMILES string of the molecule is CC(C)CCNc1nccc(NC(C)C)n1. The number of aromatic nitrogens is 2. The highest BCUT2D eigenvalue weighted by atomic mass is 15.1. The molecule has 0 aromatic carbocycles. The van der Waals surface area contributed by atoms with Crippen molar-refractivity contribution in [3.63, 3.8) is 0 Å². The van der Waals surface area contributed by atoms with Crippen LogP contribution in [0, 0.1) is 5.92 Å². The highest BCUT2D eigenvalue weighted by Crippen LogP contribution is 2.07. The van der Waals surface area contributed by atoms with Crippen LogP contribution in [0.15, 0.2) is 12.3 Å². The van der Waals surface area contributed by atoms with E-state index in [0.29, 0.717) is 17.9 Å². The smallest absolute Gasteiger partial charge is 0.224 e. The normalized spacial score (nSPS) is 10.9. The molecular formula is C12H22N4. The largest absolute Gasteiger partial charge is 0.368 e. The molecule has 2 N–H and O–H groups in total. The average molecular weight is 222 g/mol. The Bertz CT molecular complexity index is 310. The summed E-state index contributed by atoms with van der Waals surface area (Å²) in [6.07, 6.45) is 2.90. The minimum Gasteiger partial charge on any atom is -0.368 e. The quantitative estimate of drug-likeness (QED) is 0.777. The van der Waals surface area contributed by atoms with Crippen molar-refractivity contribution in [1.29, 1.82) is 0 Å². The Kier molecular flexibility index (Phi) is 5.02. The van der Waals surface area contributed by atoms with E-state index in [0.717, 1.165) is 18.8 Å². The fourth-order valence-corrected chi connectivity index (χ4v) is 1.29. The maximum Gasteiger partial charge on any atom is 0.224 e. The number of rotatable bonds is 6. The van der Waals surface area contributed by atoms with Crippen molar-refractivity contribution in [2.24, 2.45) is 5.92 Å². The average Bonchev–Trinajstić information content (AvgIpc) is 2.16. The van der Waals surface area contributed by atoms with E-state index in [9.17, 15) is 0 Å². The lowest BCUT2D eigenvalue weighted by Gasteiger charge is -2.11. The number of nitrogens with one attached hydrogen (secondary N) is 2. The molecule has 16 heavy (non-hydrogen) atoms. The first kappa shape index (κ1) is 12.7. The highest BCUT2D eigenvalue weighted by molar-refractivity contribution is 5.39. The molecule has 1 heterocycles. The van der Waals surface area contributed by atoms with Gasteiger partial charge < -0.3 is 10.6 Å². The number of hydrogen-bond donors (Lipinski definition) is 2. The number of anilines is 2. The molecule has 4 heteroatoms. The molecular weight excluding hydrogens is 200 g/mol. The predicted octanol–water partition coefficient (Wildman–Crippen LogP) is 2.75. The van der Waals surface area contributed by atoms with E-state index in [-0.39, 0.29) is 0 Å². The van der Waals surface area contributed by atoms with Gasteiger partial charge in [0.1, 0.15) is 5.82 Å². The summed E-state index contributed by atoms with van der Waals surface area (Å²) in [5, 5.41) is 6.48. The molecule has 0 aliphatic carbocycles. The molecule has 0 aliphatic heterocycles. The standard InChI is InChI=1S/C12H22N4/c1-9(2)5-7-13-12-14-8-6-11(16-12)15-10(3)4/h6,8-10H,5,7H2,1-4H3,(H2,13,14,15,16). The second-order valence-electron chi connectivity index (χ2n) is 4.67. The summed E-state index contributed by atoms with van der Waals surface area (Å²) in [5.74, 6) is 2.27. The fraction of sp³-hybridized carbons (Fsp3) is 0.667. The summed E-state index contributed by atoms with van der Waals surface area (Å²) >= 11 is 0. The summed E-state index contributed by atoms with van der Waals surface area (Å²) in [7, 11) is 0. The van der Waals surface area contributed by atoms with Gasteiger partial charge in [0.2, 0.25) is 5.95 Å². The Morgan fingerprint density at radius 2 is 2.00 bits per heavy atom. The second kappa shape index (κ2) is 6.30. The molecule has 4 nitrogen and oxygen atoms in total. The summed E-state index contributed by atoms with van der Waals surface area (Å²) in [5.41, 5.74) is 0. The molecule has 0 unspecified atom stereocenters. The van der Waals surface area contributed by atoms with E-state index < -0.39 is 0 Å². The van der Waals surface area contributed by atoms with Crippen molar-refractivity contribution in [3.05, 3.63) is 12.3 Å². The van der Waals surface area contributed by atoms with Crippen molar-refractivity contribution in [2.75, 3.05) is 17.2 Å². The molecule has 0 amide bonds. The van der Waals surface area contributed by atoms with Crippen LogP contribution in [-0.4, -0.2) is 22.6 Å².